The molecule has 6 nitrogen and oxygen atoms in total. The van der Waals surface area contributed by atoms with E-state index in [0.717, 1.165) is 57.8 Å². The molecule has 0 atom stereocenters. The van der Waals surface area contributed by atoms with E-state index in [2.05, 4.69) is 84.8 Å². The number of nitrogens with one attached hydrogen (secondary N) is 1. The first-order valence-electron chi connectivity index (χ1n) is 13.0. The number of carbonyl (C=O) groups excluding carboxylic acids is 2. The summed E-state index contributed by atoms with van der Waals surface area (Å²) in [5.74, 6) is -1.03. The molecule has 4 N–H and O–H groups in total. The Bertz CT molecular complexity index is 727. The Morgan fingerprint density at radius 3 is 1.50 bits per heavy atom. The van der Waals surface area contributed by atoms with Gasteiger partial charge in [-0.25, -0.2) is 0 Å². The predicted octanol–water partition coefficient (Wildman–Crippen LogP) is 6.72. The molecule has 0 unspecified atom stereocenters. The number of primary amides is 1. The molecule has 0 aliphatic heterocycles. The van der Waals surface area contributed by atoms with Crippen LogP contribution in [0.5, 0.6) is 0 Å². The van der Waals surface area contributed by atoms with Crippen molar-refractivity contribution in [3.05, 3.63) is 72.9 Å². The Morgan fingerprint density at radius 2 is 1.08 bits per heavy atom. The Labute approximate surface area is 218 Å². The lowest BCUT2D eigenvalue weighted by Crippen LogP contribution is -2.23. The van der Waals surface area contributed by atoms with Crippen LogP contribution in [0, 0.1) is 0 Å². The topological polar surface area (TPSA) is 109 Å². The third kappa shape index (κ3) is 38.1. The summed E-state index contributed by atoms with van der Waals surface area (Å²) in [6.45, 7) is 4.08. The van der Waals surface area contributed by atoms with E-state index < -0.39 is 5.97 Å². The normalized spacial score (nSPS) is 11.8. The highest BCUT2D eigenvalue weighted by Crippen LogP contribution is 2.00. The predicted molar refractivity (Wildman–Crippen MR) is 151 cm³/mol. The zero-order valence-corrected chi connectivity index (χ0v) is 22.4. The maximum Gasteiger partial charge on any atom is 0.303 e. The first-order valence-corrected chi connectivity index (χ1v) is 13.0. The number of nitrogens with two attached hydrogens (primary N) is 1. The molecule has 0 aliphatic carbocycles. The number of rotatable bonds is 20. The minimum atomic E-state index is -0.759. The maximum absolute atomic E-state index is 11.7. The van der Waals surface area contributed by atoms with Crippen molar-refractivity contribution in [2.75, 3.05) is 6.54 Å². The van der Waals surface area contributed by atoms with Crippen molar-refractivity contribution in [2.24, 2.45) is 5.73 Å². The summed E-state index contributed by atoms with van der Waals surface area (Å²) in [6, 6.07) is 0. The quantitative estimate of drug-likeness (QED) is 0.127. The Kier molecular flexibility index (Phi) is 29.1. The molecule has 0 saturated heterocycles. The highest BCUT2D eigenvalue weighted by molar-refractivity contribution is 5.75. The highest BCUT2D eigenvalue weighted by Gasteiger charge is 1.99. The molecule has 0 aromatic heterocycles. The van der Waals surface area contributed by atoms with E-state index in [1.807, 2.05) is 6.08 Å². The largest absolute Gasteiger partial charge is 0.481 e. The van der Waals surface area contributed by atoms with Gasteiger partial charge in [0.2, 0.25) is 11.8 Å². The van der Waals surface area contributed by atoms with Crippen LogP contribution in [-0.2, 0) is 14.4 Å². The van der Waals surface area contributed by atoms with Crippen LogP contribution in [0.3, 0.4) is 0 Å². The van der Waals surface area contributed by atoms with Gasteiger partial charge in [-0.15, -0.1) is 0 Å². The Balaban J connectivity index is 0. The monoisotopic (exact) mass is 500 g/mol. The van der Waals surface area contributed by atoms with E-state index in [-0.39, 0.29) is 18.2 Å². The summed E-state index contributed by atoms with van der Waals surface area (Å²) in [5, 5.41) is 11.4. The van der Waals surface area contributed by atoms with E-state index in [1.165, 1.54) is 6.92 Å². The van der Waals surface area contributed by atoms with Gasteiger partial charge in [-0.2, -0.15) is 0 Å². The summed E-state index contributed by atoms with van der Waals surface area (Å²) >= 11 is 0. The summed E-state index contributed by atoms with van der Waals surface area (Å²) in [5.41, 5.74) is 4.47. The average molecular weight is 501 g/mol. The SMILES string of the molecule is CC(N)=O.CC/C=C\C/C=C\C/C=C\C/C=C\C/C=C\C/C=C\CCC(=O)NCCCCCC(=O)O. The summed E-state index contributed by atoms with van der Waals surface area (Å²) in [4.78, 5) is 31.3. The van der Waals surface area contributed by atoms with Crippen molar-refractivity contribution >= 4 is 17.8 Å². The summed E-state index contributed by atoms with van der Waals surface area (Å²) in [7, 11) is 0. The fourth-order valence-corrected chi connectivity index (χ4v) is 2.75. The molecule has 0 aromatic carbocycles. The van der Waals surface area contributed by atoms with E-state index in [9.17, 15) is 14.4 Å². The molecular formula is C30H48N2O4. The standard InChI is InChI=1S/C28H43NO3.C2H5NO/c1-2-3-4-5-6-7-8-9-10-11-12-13-14-15-16-17-18-19-21-24-27(30)29-26-23-20-22-25-28(31)32;1-2(3)4/h3-4,6-7,9-10,12-13,15-16,18-19H,2,5,8,11,14,17,20-26H2,1H3,(H,29,30)(H,31,32);1H3,(H2,3,4)/b4-3-,7-6-,10-9-,13-12-,16-15-,19-18-;. The van der Waals surface area contributed by atoms with Crippen molar-refractivity contribution < 1.29 is 19.5 Å². The zero-order valence-electron chi connectivity index (χ0n) is 22.4. The molecule has 0 saturated carbocycles. The molecule has 0 aliphatic rings. The number of unbranched alkanes of at least 4 members (excludes halogenated alkanes) is 2. The summed E-state index contributed by atoms with van der Waals surface area (Å²) < 4.78 is 0. The van der Waals surface area contributed by atoms with Crippen molar-refractivity contribution in [1.82, 2.24) is 5.32 Å². The minimum absolute atomic E-state index is 0.0581. The first-order chi connectivity index (χ1) is 17.4. The molecule has 0 rings (SSSR count). The van der Waals surface area contributed by atoms with Gasteiger partial charge in [-0.1, -0.05) is 86.3 Å². The van der Waals surface area contributed by atoms with Crippen LogP contribution in [0.1, 0.15) is 90.9 Å². The van der Waals surface area contributed by atoms with Crippen molar-refractivity contribution in [2.45, 2.75) is 90.9 Å². The third-order valence-electron chi connectivity index (χ3n) is 4.52. The molecule has 0 radical (unpaired) electrons. The van der Waals surface area contributed by atoms with Crippen molar-refractivity contribution in [3.8, 4) is 0 Å². The third-order valence-corrected chi connectivity index (χ3v) is 4.52. The lowest BCUT2D eigenvalue weighted by Gasteiger charge is -2.03. The highest BCUT2D eigenvalue weighted by atomic mass is 16.4. The number of allylic oxidation sites excluding steroid dienone is 12. The number of carbonyl (C=O) groups is 3. The Morgan fingerprint density at radius 1 is 0.667 bits per heavy atom. The Hall–Kier alpha value is -3.15. The van der Waals surface area contributed by atoms with Gasteiger partial charge in [0.05, 0.1) is 0 Å². The summed E-state index contributed by atoms with van der Waals surface area (Å²) in [6.07, 6.45) is 35.7. The second-order valence-corrected chi connectivity index (χ2v) is 8.12. The molecule has 0 fully saturated rings. The number of hydrogen-bond donors (Lipinski definition) is 3. The van der Waals surface area contributed by atoms with Crippen molar-refractivity contribution in [3.63, 3.8) is 0 Å². The fourth-order valence-electron chi connectivity index (χ4n) is 2.75. The van der Waals surface area contributed by atoms with Gasteiger partial charge in [-0.05, 0) is 57.8 Å². The van der Waals surface area contributed by atoms with Crippen LogP contribution in [0.4, 0.5) is 0 Å². The lowest BCUT2D eigenvalue weighted by molar-refractivity contribution is -0.137. The molecule has 0 spiro atoms. The number of carboxylic acids is 1. The van der Waals surface area contributed by atoms with Crippen LogP contribution in [0.15, 0.2) is 72.9 Å². The van der Waals surface area contributed by atoms with Gasteiger partial charge >= 0.3 is 5.97 Å². The number of hydrogen-bond acceptors (Lipinski definition) is 3. The van der Waals surface area contributed by atoms with Crippen LogP contribution >= 0.6 is 0 Å². The van der Waals surface area contributed by atoms with Gasteiger partial charge in [0.15, 0.2) is 0 Å². The molecule has 2 amide bonds. The van der Waals surface area contributed by atoms with Crippen LogP contribution in [-0.4, -0.2) is 29.4 Å². The average Bonchev–Trinajstić information content (AvgIpc) is 2.82. The van der Waals surface area contributed by atoms with Gasteiger partial charge in [0, 0.05) is 26.3 Å². The first kappa shape index (κ1) is 35.0. The van der Waals surface area contributed by atoms with E-state index in [0.29, 0.717) is 19.4 Å². The number of amides is 2. The second-order valence-electron chi connectivity index (χ2n) is 8.12. The van der Waals surface area contributed by atoms with Gasteiger partial charge in [0.25, 0.3) is 0 Å². The molecule has 202 valence electrons. The molecule has 0 heterocycles. The maximum atomic E-state index is 11.7. The smallest absolute Gasteiger partial charge is 0.303 e. The molecule has 0 aromatic rings. The van der Waals surface area contributed by atoms with Crippen LogP contribution in [0.25, 0.3) is 0 Å². The van der Waals surface area contributed by atoms with Gasteiger partial charge in [-0.3, -0.25) is 14.4 Å². The minimum Gasteiger partial charge on any atom is -0.481 e. The zero-order chi connectivity index (χ0) is 27.1. The van der Waals surface area contributed by atoms with E-state index in [4.69, 9.17) is 5.11 Å². The lowest BCUT2D eigenvalue weighted by atomic mass is 10.2. The fraction of sp³-hybridized carbons (Fsp3) is 0.500. The molecule has 6 heteroatoms. The molecular weight excluding hydrogens is 452 g/mol. The molecule has 36 heavy (non-hydrogen) atoms. The van der Waals surface area contributed by atoms with E-state index in [1.54, 1.807) is 0 Å². The van der Waals surface area contributed by atoms with Gasteiger partial charge < -0.3 is 16.2 Å². The molecule has 0 bridgehead atoms. The van der Waals surface area contributed by atoms with Crippen LogP contribution in [0.2, 0.25) is 0 Å². The van der Waals surface area contributed by atoms with Crippen molar-refractivity contribution in [1.29, 1.82) is 0 Å². The number of aliphatic carboxylic acids is 1. The van der Waals surface area contributed by atoms with Gasteiger partial charge in [0.1, 0.15) is 0 Å². The number of carboxylic acid groups (broad SMARTS) is 1. The van der Waals surface area contributed by atoms with Crippen LogP contribution < -0.4 is 11.1 Å². The second kappa shape index (κ2) is 29.9. The van der Waals surface area contributed by atoms with E-state index >= 15 is 0 Å².